The zero-order chi connectivity index (χ0) is 21.5. The van der Waals surface area contributed by atoms with Crippen molar-refractivity contribution < 1.29 is 18.3 Å². The minimum Gasteiger partial charge on any atom is -0.444 e. The summed E-state index contributed by atoms with van der Waals surface area (Å²) in [6, 6.07) is 6.13. The highest BCUT2D eigenvalue weighted by atomic mass is 19.1. The Hall–Kier alpha value is -3.36. The number of anilines is 1. The van der Waals surface area contributed by atoms with Crippen molar-refractivity contribution >= 4 is 22.9 Å². The van der Waals surface area contributed by atoms with E-state index in [0.29, 0.717) is 24.0 Å². The van der Waals surface area contributed by atoms with E-state index in [0.717, 1.165) is 6.20 Å². The van der Waals surface area contributed by atoms with Crippen molar-refractivity contribution in [1.82, 2.24) is 19.9 Å². The molecule has 0 aliphatic carbocycles. The molecule has 30 heavy (non-hydrogen) atoms. The number of fused-ring (bicyclic) bond motifs is 1. The minimum atomic E-state index is -0.660. The third-order valence-electron chi connectivity index (χ3n) is 4.54. The van der Waals surface area contributed by atoms with Crippen LogP contribution in [0.25, 0.3) is 22.2 Å². The summed E-state index contributed by atoms with van der Waals surface area (Å²) in [6.45, 7) is 6.25. The number of halogens is 2. The molecule has 4 rings (SSSR count). The maximum absolute atomic E-state index is 14.4. The second-order valence-electron chi connectivity index (χ2n) is 8.15. The van der Waals surface area contributed by atoms with Gasteiger partial charge >= 0.3 is 6.09 Å². The van der Waals surface area contributed by atoms with E-state index < -0.39 is 17.2 Å². The molecule has 2 aromatic heterocycles. The molecule has 0 atom stereocenters. The van der Waals surface area contributed by atoms with E-state index in [1.54, 1.807) is 43.9 Å². The van der Waals surface area contributed by atoms with Crippen LogP contribution >= 0.6 is 0 Å². The number of pyridine rings is 1. The molecule has 1 saturated heterocycles. The summed E-state index contributed by atoms with van der Waals surface area (Å²) >= 11 is 0. The first kappa shape index (κ1) is 19.9. The largest absolute Gasteiger partial charge is 0.444 e. The van der Waals surface area contributed by atoms with Gasteiger partial charge in [-0.2, -0.15) is 0 Å². The molecule has 1 aliphatic rings. The second kappa shape index (κ2) is 7.47. The lowest BCUT2D eigenvalue weighted by Crippen LogP contribution is -2.58. The highest BCUT2D eigenvalue weighted by Crippen LogP contribution is 2.27. The standard InChI is InChI=1S/C21H21F2N5O2/c1-21(2,3)30-20(29)28-10-14(11-28)26-19-25-9-16(23)18(27-19)13-7-12-5-4-6-24-17(12)15(22)8-13/h4-9,14H,10-11H2,1-3H3,(H,25,26,27). The number of nitrogens with zero attached hydrogens (tertiary/aromatic N) is 4. The lowest BCUT2D eigenvalue weighted by Gasteiger charge is -2.39. The van der Waals surface area contributed by atoms with Gasteiger partial charge in [-0.1, -0.05) is 6.07 Å². The van der Waals surface area contributed by atoms with Crippen molar-refractivity contribution in [3.05, 3.63) is 48.3 Å². The Bertz CT molecular complexity index is 1110. The average molecular weight is 413 g/mol. The predicted octanol–water partition coefficient (Wildman–Crippen LogP) is 4.00. The van der Waals surface area contributed by atoms with Gasteiger partial charge in [-0.05, 0) is 39.0 Å². The molecule has 1 aromatic carbocycles. The van der Waals surface area contributed by atoms with E-state index in [9.17, 15) is 13.6 Å². The monoisotopic (exact) mass is 413 g/mol. The molecule has 1 N–H and O–H groups in total. The number of benzene rings is 1. The zero-order valence-electron chi connectivity index (χ0n) is 16.8. The SMILES string of the molecule is CC(C)(C)OC(=O)N1CC(Nc2ncc(F)c(-c3cc(F)c4ncccc4c3)n2)C1. The molecule has 0 saturated carbocycles. The number of aromatic nitrogens is 3. The first-order valence-electron chi connectivity index (χ1n) is 9.51. The summed E-state index contributed by atoms with van der Waals surface area (Å²) in [7, 11) is 0. The number of amides is 1. The molecule has 1 aliphatic heterocycles. The van der Waals surface area contributed by atoms with E-state index in [1.165, 1.54) is 12.3 Å². The third kappa shape index (κ3) is 4.14. The third-order valence-corrected chi connectivity index (χ3v) is 4.54. The first-order valence-corrected chi connectivity index (χ1v) is 9.51. The van der Waals surface area contributed by atoms with Crippen molar-refractivity contribution in [2.45, 2.75) is 32.4 Å². The molecule has 0 unspecified atom stereocenters. The van der Waals surface area contributed by atoms with E-state index >= 15 is 0 Å². The van der Waals surface area contributed by atoms with E-state index in [2.05, 4.69) is 20.3 Å². The number of carbonyl (C=O) groups is 1. The molecule has 7 nitrogen and oxygen atoms in total. The smallest absolute Gasteiger partial charge is 0.410 e. The van der Waals surface area contributed by atoms with Crippen LogP contribution < -0.4 is 5.32 Å². The van der Waals surface area contributed by atoms with Gasteiger partial charge in [0.05, 0.1) is 12.2 Å². The molecule has 3 heterocycles. The van der Waals surface area contributed by atoms with Crippen molar-refractivity contribution in [3.63, 3.8) is 0 Å². The summed E-state index contributed by atoms with van der Waals surface area (Å²) in [4.78, 5) is 25.8. The fourth-order valence-electron chi connectivity index (χ4n) is 3.15. The molecular formula is C21H21F2N5O2. The van der Waals surface area contributed by atoms with Crippen LogP contribution in [0.5, 0.6) is 0 Å². The number of nitrogens with one attached hydrogen (secondary N) is 1. The van der Waals surface area contributed by atoms with Crippen LogP contribution in [-0.4, -0.2) is 50.7 Å². The molecule has 0 spiro atoms. The molecule has 0 bridgehead atoms. The van der Waals surface area contributed by atoms with Gasteiger partial charge in [0, 0.05) is 30.2 Å². The highest BCUT2D eigenvalue weighted by molar-refractivity contribution is 5.84. The van der Waals surface area contributed by atoms with Gasteiger partial charge in [0.15, 0.2) is 5.82 Å². The number of carbonyl (C=O) groups excluding carboxylic acids is 1. The summed E-state index contributed by atoms with van der Waals surface area (Å²) < 4.78 is 34.1. The number of hydrogen-bond acceptors (Lipinski definition) is 6. The molecule has 1 fully saturated rings. The Morgan fingerprint density at radius 2 is 1.97 bits per heavy atom. The van der Waals surface area contributed by atoms with E-state index in [1.807, 2.05) is 0 Å². The molecule has 1 amide bonds. The van der Waals surface area contributed by atoms with Crippen LogP contribution in [0.2, 0.25) is 0 Å². The van der Waals surface area contributed by atoms with Gasteiger partial charge in [0.2, 0.25) is 5.95 Å². The first-order chi connectivity index (χ1) is 14.2. The second-order valence-corrected chi connectivity index (χ2v) is 8.15. The Morgan fingerprint density at radius 3 is 2.70 bits per heavy atom. The summed E-state index contributed by atoms with van der Waals surface area (Å²) in [6.07, 6.45) is 2.15. The van der Waals surface area contributed by atoms with E-state index in [-0.39, 0.29) is 29.3 Å². The van der Waals surface area contributed by atoms with Crippen molar-refractivity contribution in [1.29, 1.82) is 0 Å². The molecule has 156 valence electrons. The Labute approximate surface area is 172 Å². The fourth-order valence-corrected chi connectivity index (χ4v) is 3.15. The van der Waals surface area contributed by atoms with E-state index in [4.69, 9.17) is 4.74 Å². The van der Waals surface area contributed by atoms with Crippen LogP contribution in [0.3, 0.4) is 0 Å². The number of hydrogen-bond donors (Lipinski definition) is 1. The van der Waals surface area contributed by atoms with Gasteiger partial charge in [-0.25, -0.2) is 23.5 Å². The Morgan fingerprint density at radius 1 is 1.20 bits per heavy atom. The Balaban J connectivity index is 1.49. The number of ether oxygens (including phenoxy) is 1. The molecule has 0 radical (unpaired) electrons. The lowest BCUT2D eigenvalue weighted by molar-refractivity contribution is 0.0104. The van der Waals surface area contributed by atoms with Crippen LogP contribution in [-0.2, 0) is 4.74 Å². The lowest BCUT2D eigenvalue weighted by atomic mass is 10.1. The van der Waals surface area contributed by atoms with Gasteiger partial charge in [0.25, 0.3) is 0 Å². The summed E-state index contributed by atoms with van der Waals surface area (Å²) in [5, 5.41) is 3.62. The number of likely N-dealkylation sites (tertiary alicyclic amines) is 1. The van der Waals surface area contributed by atoms with Crippen molar-refractivity contribution in [3.8, 4) is 11.3 Å². The maximum Gasteiger partial charge on any atom is 0.410 e. The van der Waals surface area contributed by atoms with Gasteiger partial charge in [-0.15, -0.1) is 0 Å². The number of rotatable bonds is 3. The van der Waals surface area contributed by atoms with Gasteiger partial charge in [-0.3, -0.25) is 4.98 Å². The molecule has 9 heteroatoms. The topological polar surface area (TPSA) is 80.2 Å². The quantitative estimate of drug-likeness (QED) is 0.699. The minimum absolute atomic E-state index is 0.0134. The van der Waals surface area contributed by atoms with Gasteiger partial charge < -0.3 is 15.0 Å². The zero-order valence-corrected chi connectivity index (χ0v) is 16.8. The normalized spacial score (nSPS) is 14.5. The van der Waals surface area contributed by atoms with Crippen LogP contribution in [0.4, 0.5) is 19.5 Å². The fraction of sp³-hybridized carbons (Fsp3) is 0.333. The predicted molar refractivity (Wildman–Crippen MR) is 108 cm³/mol. The van der Waals surface area contributed by atoms with Crippen LogP contribution in [0, 0.1) is 11.6 Å². The Kier molecular flexibility index (Phi) is 4.97. The van der Waals surface area contributed by atoms with Crippen molar-refractivity contribution in [2.24, 2.45) is 0 Å². The maximum atomic E-state index is 14.4. The summed E-state index contributed by atoms with van der Waals surface area (Å²) in [5.41, 5.74) is -0.0685. The van der Waals surface area contributed by atoms with Crippen LogP contribution in [0.1, 0.15) is 20.8 Å². The van der Waals surface area contributed by atoms with Gasteiger partial charge in [0.1, 0.15) is 22.6 Å². The summed E-state index contributed by atoms with van der Waals surface area (Å²) in [5.74, 6) is -1.01. The molecular weight excluding hydrogens is 392 g/mol. The molecule has 3 aromatic rings. The average Bonchev–Trinajstić information content (AvgIpc) is 2.64. The highest BCUT2D eigenvalue weighted by Gasteiger charge is 2.34. The van der Waals surface area contributed by atoms with Crippen molar-refractivity contribution in [2.75, 3.05) is 18.4 Å². The van der Waals surface area contributed by atoms with Crippen LogP contribution in [0.15, 0.2) is 36.7 Å².